The van der Waals surface area contributed by atoms with Crippen molar-refractivity contribution < 1.29 is 0 Å². The average Bonchev–Trinajstić information content (AvgIpc) is 2.18. The van der Waals surface area contributed by atoms with Crippen LogP contribution >= 0.6 is 12.2 Å². The SMILES string of the molecule is Cc1c(C#N)c(=S)[nH]c2ccccc12. The van der Waals surface area contributed by atoms with Crippen molar-refractivity contribution in [1.29, 1.82) is 5.26 Å². The van der Waals surface area contributed by atoms with Gasteiger partial charge in [0.1, 0.15) is 10.7 Å². The van der Waals surface area contributed by atoms with Gasteiger partial charge in [0.15, 0.2) is 0 Å². The van der Waals surface area contributed by atoms with Crippen LogP contribution in [0, 0.1) is 22.9 Å². The highest BCUT2D eigenvalue weighted by Crippen LogP contribution is 2.19. The zero-order valence-electron chi connectivity index (χ0n) is 7.66. The number of hydrogen-bond acceptors (Lipinski definition) is 2. The number of pyridine rings is 1. The number of fused-ring (bicyclic) bond motifs is 1. The third kappa shape index (κ3) is 1.21. The summed E-state index contributed by atoms with van der Waals surface area (Å²) >= 11 is 5.09. The van der Waals surface area contributed by atoms with E-state index in [1.165, 1.54) is 0 Å². The molecule has 0 aliphatic carbocycles. The van der Waals surface area contributed by atoms with Crippen LogP contribution in [-0.2, 0) is 0 Å². The Morgan fingerprint density at radius 2 is 2.07 bits per heavy atom. The summed E-state index contributed by atoms with van der Waals surface area (Å²) in [6, 6.07) is 9.96. The third-order valence-electron chi connectivity index (χ3n) is 2.29. The second kappa shape index (κ2) is 3.24. The molecule has 1 N–H and O–H groups in total. The third-order valence-corrected chi connectivity index (χ3v) is 2.60. The van der Waals surface area contributed by atoms with Crippen molar-refractivity contribution in [1.82, 2.24) is 4.98 Å². The van der Waals surface area contributed by atoms with Gasteiger partial charge < -0.3 is 4.98 Å². The smallest absolute Gasteiger partial charge is 0.121 e. The summed E-state index contributed by atoms with van der Waals surface area (Å²) in [5, 5.41) is 9.98. The zero-order chi connectivity index (χ0) is 10.1. The maximum Gasteiger partial charge on any atom is 0.121 e. The van der Waals surface area contributed by atoms with Gasteiger partial charge in [0.05, 0.1) is 5.56 Å². The summed E-state index contributed by atoms with van der Waals surface area (Å²) in [7, 11) is 0. The molecule has 0 aliphatic heterocycles. The van der Waals surface area contributed by atoms with Crippen LogP contribution in [0.15, 0.2) is 24.3 Å². The molecule has 0 saturated carbocycles. The first-order chi connectivity index (χ1) is 6.74. The molecule has 0 bridgehead atoms. The van der Waals surface area contributed by atoms with Gasteiger partial charge in [-0.1, -0.05) is 30.4 Å². The zero-order valence-corrected chi connectivity index (χ0v) is 8.48. The molecule has 0 unspecified atom stereocenters. The van der Waals surface area contributed by atoms with Gasteiger partial charge >= 0.3 is 0 Å². The van der Waals surface area contributed by atoms with Crippen LogP contribution in [0.3, 0.4) is 0 Å². The molecule has 0 atom stereocenters. The normalized spacial score (nSPS) is 10.0. The van der Waals surface area contributed by atoms with Crippen molar-refractivity contribution in [3.8, 4) is 6.07 Å². The number of nitrogens with zero attached hydrogens (tertiary/aromatic N) is 1. The van der Waals surface area contributed by atoms with Gasteiger partial charge in [-0.3, -0.25) is 0 Å². The Bertz CT molecular complexity index is 590. The number of aryl methyl sites for hydroxylation is 1. The highest BCUT2D eigenvalue weighted by Gasteiger charge is 2.04. The molecule has 0 fully saturated rings. The first-order valence-corrected chi connectivity index (χ1v) is 4.66. The second-order valence-corrected chi connectivity index (χ2v) is 3.52. The Labute approximate surface area is 86.8 Å². The van der Waals surface area contributed by atoms with Crippen molar-refractivity contribution in [3.05, 3.63) is 40.0 Å². The Morgan fingerprint density at radius 1 is 1.36 bits per heavy atom. The minimum atomic E-state index is 0.517. The number of nitrogens with one attached hydrogen (secondary N) is 1. The van der Waals surface area contributed by atoms with E-state index < -0.39 is 0 Å². The van der Waals surface area contributed by atoms with E-state index in [1.54, 1.807) is 0 Å². The highest BCUT2D eigenvalue weighted by molar-refractivity contribution is 7.71. The van der Waals surface area contributed by atoms with E-state index in [9.17, 15) is 0 Å². The molecule has 1 aromatic heterocycles. The van der Waals surface area contributed by atoms with E-state index in [4.69, 9.17) is 17.5 Å². The van der Waals surface area contributed by atoms with E-state index in [-0.39, 0.29) is 0 Å². The molecule has 0 aliphatic rings. The van der Waals surface area contributed by atoms with E-state index in [0.29, 0.717) is 10.2 Å². The predicted molar refractivity (Wildman–Crippen MR) is 58.6 cm³/mol. The molecule has 0 amide bonds. The average molecular weight is 200 g/mol. The molecule has 3 heteroatoms. The fourth-order valence-corrected chi connectivity index (χ4v) is 1.85. The lowest BCUT2D eigenvalue weighted by Crippen LogP contribution is -1.90. The number of aromatic nitrogens is 1. The van der Waals surface area contributed by atoms with Crippen molar-refractivity contribution in [2.45, 2.75) is 6.92 Å². The Morgan fingerprint density at radius 3 is 2.79 bits per heavy atom. The molecular formula is C11H8N2S. The minimum absolute atomic E-state index is 0.517. The number of nitriles is 1. The molecule has 68 valence electrons. The quantitative estimate of drug-likeness (QED) is 0.664. The molecule has 1 aromatic carbocycles. The summed E-state index contributed by atoms with van der Waals surface area (Å²) in [6.45, 7) is 1.92. The number of hydrogen-bond donors (Lipinski definition) is 1. The maximum absolute atomic E-state index is 8.92. The van der Waals surface area contributed by atoms with Crippen LogP contribution < -0.4 is 0 Å². The first-order valence-electron chi connectivity index (χ1n) is 4.26. The largest absolute Gasteiger partial charge is 0.345 e. The number of para-hydroxylation sites is 1. The number of aromatic amines is 1. The van der Waals surface area contributed by atoms with Gasteiger partial charge in [0.2, 0.25) is 0 Å². The van der Waals surface area contributed by atoms with Crippen LogP contribution in [-0.4, -0.2) is 4.98 Å². The minimum Gasteiger partial charge on any atom is -0.345 e. The van der Waals surface area contributed by atoms with Gasteiger partial charge in [-0.25, -0.2) is 0 Å². The van der Waals surface area contributed by atoms with Crippen LogP contribution in [0.5, 0.6) is 0 Å². The van der Waals surface area contributed by atoms with Crippen LogP contribution in [0.2, 0.25) is 0 Å². The highest BCUT2D eigenvalue weighted by atomic mass is 32.1. The monoisotopic (exact) mass is 200 g/mol. The molecule has 2 nitrogen and oxygen atoms in total. The predicted octanol–water partition coefficient (Wildman–Crippen LogP) is 3.08. The fourth-order valence-electron chi connectivity index (χ4n) is 1.54. The standard InChI is InChI=1S/C11H8N2S/c1-7-8-4-2-3-5-10(8)13-11(14)9(7)6-12/h2-5H,1H3,(H,13,14). The molecular weight excluding hydrogens is 192 g/mol. The lowest BCUT2D eigenvalue weighted by molar-refractivity contribution is 1.30. The van der Waals surface area contributed by atoms with E-state index >= 15 is 0 Å². The summed E-state index contributed by atoms with van der Waals surface area (Å²) in [5.74, 6) is 0. The van der Waals surface area contributed by atoms with Gasteiger partial charge in [-0.05, 0) is 18.6 Å². The van der Waals surface area contributed by atoms with Crippen molar-refractivity contribution in [3.63, 3.8) is 0 Å². The van der Waals surface area contributed by atoms with Crippen LogP contribution in [0.1, 0.15) is 11.1 Å². The number of H-pyrrole nitrogens is 1. The summed E-state index contributed by atoms with van der Waals surface area (Å²) in [5.41, 5.74) is 2.50. The lowest BCUT2D eigenvalue weighted by atomic mass is 10.1. The van der Waals surface area contributed by atoms with Crippen molar-refractivity contribution >= 4 is 23.1 Å². The van der Waals surface area contributed by atoms with Crippen molar-refractivity contribution in [2.24, 2.45) is 0 Å². The van der Waals surface area contributed by atoms with E-state index in [1.807, 2.05) is 31.2 Å². The molecule has 2 rings (SSSR count). The van der Waals surface area contributed by atoms with Crippen LogP contribution in [0.4, 0.5) is 0 Å². The molecule has 2 aromatic rings. The Balaban J connectivity index is 3.02. The van der Waals surface area contributed by atoms with Gasteiger partial charge in [0.25, 0.3) is 0 Å². The maximum atomic E-state index is 8.92. The number of rotatable bonds is 0. The molecule has 0 radical (unpaired) electrons. The van der Waals surface area contributed by atoms with Crippen molar-refractivity contribution in [2.75, 3.05) is 0 Å². The summed E-state index contributed by atoms with van der Waals surface area (Å²) in [4.78, 5) is 3.04. The van der Waals surface area contributed by atoms with Gasteiger partial charge in [-0.15, -0.1) is 0 Å². The van der Waals surface area contributed by atoms with Crippen LogP contribution in [0.25, 0.3) is 10.9 Å². The topological polar surface area (TPSA) is 39.6 Å². The summed E-state index contributed by atoms with van der Waals surface area (Å²) in [6.07, 6.45) is 0. The van der Waals surface area contributed by atoms with E-state index in [2.05, 4.69) is 11.1 Å². The molecule has 1 heterocycles. The van der Waals surface area contributed by atoms with Gasteiger partial charge in [0, 0.05) is 10.9 Å². The fraction of sp³-hybridized carbons (Fsp3) is 0.0909. The Hall–Kier alpha value is -1.66. The number of benzene rings is 1. The van der Waals surface area contributed by atoms with E-state index in [0.717, 1.165) is 16.5 Å². The summed E-state index contributed by atoms with van der Waals surface area (Å²) < 4.78 is 0.517. The molecule has 0 spiro atoms. The molecule has 14 heavy (non-hydrogen) atoms. The molecule has 0 saturated heterocycles. The first kappa shape index (κ1) is 8.92. The Kier molecular flexibility index (Phi) is 2.06. The van der Waals surface area contributed by atoms with Gasteiger partial charge in [-0.2, -0.15) is 5.26 Å². The second-order valence-electron chi connectivity index (χ2n) is 3.11. The lowest BCUT2D eigenvalue weighted by Gasteiger charge is -2.03.